The zero-order valence-corrected chi connectivity index (χ0v) is 11.7. The fourth-order valence-electron chi connectivity index (χ4n) is 1.85. The second-order valence-electron chi connectivity index (χ2n) is 4.61. The number of carbonyl (C=O) groups excluding carboxylic acids is 1. The highest BCUT2D eigenvalue weighted by atomic mass is 19.1. The average molecular weight is 276 g/mol. The summed E-state index contributed by atoms with van der Waals surface area (Å²) in [4.78, 5) is 11.0. The molecule has 0 atom stereocenters. The number of anilines is 2. The van der Waals surface area contributed by atoms with E-state index in [2.05, 4.69) is 15.7 Å². The lowest BCUT2D eigenvalue weighted by Crippen LogP contribution is -2.07. The summed E-state index contributed by atoms with van der Waals surface area (Å²) in [5.41, 5.74) is 2.93. The largest absolute Gasteiger partial charge is 0.378 e. The van der Waals surface area contributed by atoms with Crippen LogP contribution in [-0.2, 0) is 18.4 Å². The van der Waals surface area contributed by atoms with E-state index in [4.69, 9.17) is 0 Å². The quantitative estimate of drug-likeness (QED) is 0.901. The van der Waals surface area contributed by atoms with Gasteiger partial charge in [0, 0.05) is 37.5 Å². The zero-order chi connectivity index (χ0) is 14.7. The van der Waals surface area contributed by atoms with Gasteiger partial charge in [-0.05, 0) is 25.1 Å². The molecule has 0 radical (unpaired) electrons. The maximum atomic E-state index is 13.7. The first kappa shape index (κ1) is 14.0. The number of rotatable bonds is 4. The molecule has 1 aromatic carbocycles. The smallest absolute Gasteiger partial charge is 0.221 e. The number of carbonyl (C=O) groups is 1. The van der Waals surface area contributed by atoms with Crippen molar-refractivity contribution in [1.29, 1.82) is 0 Å². The number of hydrogen-bond donors (Lipinski definition) is 2. The number of nitrogens with one attached hydrogen (secondary N) is 2. The lowest BCUT2D eigenvalue weighted by molar-refractivity contribution is -0.114. The Morgan fingerprint density at radius 1 is 1.45 bits per heavy atom. The van der Waals surface area contributed by atoms with Gasteiger partial charge in [0.2, 0.25) is 5.91 Å². The SMILES string of the molecule is CC(=O)Nc1ccc(F)c(NCc2cnn(C)c2C)c1. The Bertz CT molecular complexity index is 636. The molecule has 1 amide bonds. The molecule has 2 aromatic rings. The molecule has 0 saturated heterocycles. The summed E-state index contributed by atoms with van der Waals surface area (Å²) < 4.78 is 15.5. The van der Waals surface area contributed by atoms with E-state index in [1.807, 2.05) is 14.0 Å². The average Bonchev–Trinajstić information content (AvgIpc) is 2.70. The van der Waals surface area contributed by atoms with Crippen LogP contribution in [0.4, 0.5) is 15.8 Å². The van der Waals surface area contributed by atoms with Gasteiger partial charge in [-0.15, -0.1) is 0 Å². The van der Waals surface area contributed by atoms with E-state index in [0.29, 0.717) is 17.9 Å². The van der Waals surface area contributed by atoms with Gasteiger partial charge in [0.1, 0.15) is 5.82 Å². The van der Waals surface area contributed by atoms with Crippen LogP contribution >= 0.6 is 0 Å². The first-order valence-corrected chi connectivity index (χ1v) is 6.26. The van der Waals surface area contributed by atoms with Crippen molar-refractivity contribution in [3.05, 3.63) is 41.5 Å². The van der Waals surface area contributed by atoms with Crippen molar-refractivity contribution in [3.63, 3.8) is 0 Å². The van der Waals surface area contributed by atoms with Crippen molar-refractivity contribution in [2.24, 2.45) is 7.05 Å². The second-order valence-corrected chi connectivity index (χ2v) is 4.61. The highest BCUT2D eigenvalue weighted by molar-refractivity contribution is 5.89. The van der Waals surface area contributed by atoms with E-state index in [9.17, 15) is 9.18 Å². The van der Waals surface area contributed by atoms with Gasteiger partial charge in [-0.3, -0.25) is 9.48 Å². The van der Waals surface area contributed by atoms with E-state index in [-0.39, 0.29) is 11.7 Å². The molecule has 5 nitrogen and oxygen atoms in total. The molecule has 6 heteroatoms. The van der Waals surface area contributed by atoms with Crippen molar-refractivity contribution >= 4 is 17.3 Å². The minimum atomic E-state index is -0.361. The summed E-state index contributed by atoms with van der Waals surface area (Å²) in [5.74, 6) is -0.550. The summed E-state index contributed by atoms with van der Waals surface area (Å²) in [6, 6.07) is 4.42. The van der Waals surface area contributed by atoms with E-state index in [1.54, 1.807) is 16.9 Å². The molecule has 20 heavy (non-hydrogen) atoms. The fraction of sp³-hybridized carbons (Fsp3) is 0.286. The fourth-order valence-corrected chi connectivity index (χ4v) is 1.85. The number of amides is 1. The summed E-state index contributed by atoms with van der Waals surface area (Å²) in [6.45, 7) is 3.84. The standard InChI is InChI=1S/C14H17FN4O/c1-9-11(8-17-19(9)3)7-16-14-6-12(18-10(2)20)4-5-13(14)15/h4-6,8,16H,7H2,1-3H3,(H,18,20). The highest BCUT2D eigenvalue weighted by Gasteiger charge is 2.07. The monoisotopic (exact) mass is 276 g/mol. The first-order chi connectivity index (χ1) is 9.47. The summed E-state index contributed by atoms with van der Waals surface area (Å²) in [7, 11) is 1.86. The molecule has 0 aliphatic heterocycles. The van der Waals surface area contributed by atoms with Crippen LogP contribution in [0.2, 0.25) is 0 Å². The molecule has 0 aliphatic carbocycles. The summed E-state index contributed by atoms with van der Waals surface area (Å²) in [6.07, 6.45) is 1.75. The van der Waals surface area contributed by atoms with Gasteiger partial charge in [0.15, 0.2) is 0 Å². The predicted octanol–water partition coefficient (Wildman–Crippen LogP) is 2.44. The molecule has 0 fully saturated rings. The number of aryl methyl sites for hydroxylation is 1. The van der Waals surface area contributed by atoms with Crippen molar-refractivity contribution < 1.29 is 9.18 Å². The number of aromatic nitrogens is 2. The molecule has 0 spiro atoms. The highest BCUT2D eigenvalue weighted by Crippen LogP contribution is 2.20. The van der Waals surface area contributed by atoms with Crippen LogP contribution in [0.5, 0.6) is 0 Å². The maximum absolute atomic E-state index is 13.7. The van der Waals surface area contributed by atoms with Gasteiger partial charge in [-0.2, -0.15) is 5.10 Å². The molecule has 2 N–H and O–H groups in total. The zero-order valence-electron chi connectivity index (χ0n) is 11.7. The topological polar surface area (TPSA) is 59.0 Å². The molecule has 1 aromatic heterocycles. The molecular formula is C14H17FN4O. The Balaban J connectivity index is 2.12. The number of nitrogens with zero attached hydrogens (tertiary/aromatic N) is 2. The van der Waals surface area contributed by atoms with Crippen molar-refractivity contribution in [3.8, 4) is 0 Å². The first-order valence-electron chi connectivity index (χ1n) is 6.26. The Morgan fingerprint density at radius 2 is 2.20 bits per heavy atom. The molecule has 0 bridgehead atoms. The minimum absolute atomic E-state index is 0.189. The number of halogens is 1. The van der Waals surface area contributed by atoms with Crippen molar-refractivity contribution in [2.75, 3.05) is 10.6 Å². The lowest BCUT2D eigenvalue weighted by atomic mass is 10.2. The molecular weight excluding hydrogens is 259 g/mol. The Kier molecular flexibility index (Phi) is 4.02. The normalized spacial score (nSPS) is 10.4. The molecule has 1 heterocycles. The van der Waals surface area contributed by atoms with Crippen LogP contribution < -0.4 is 10.6 Å². The third kappa shape index (κ3) is 3.14. The van der Waals surface area contributed by atoms with Gasteiger partial charge in [0.05, 0.1) is 11.9 Å². The van der Waals surface area contributed by atoms with Gasteiger partial charge < -0.3 is 10.6 Å². The van der Waals surface area contributed by atoms with Crippen LogP contribution in [0.1, 0.15) is 18.2 Å². The predicted molar refractivity (Wildman–Crippen MR) is 76.0 cm³/mol. The van der Waals surface area contributed by atoms with Gasteiger partial charge in [-0.1, -0.05) is 0 Å². The molecule has 106 valence electrons. The van der Waals surface area contributed by atoms with Crippen LogP contribution in [0.25, 0.3) is 0 Å². The van der Waals surface area contributed by atoms with Crippen molar-refractivity contribution in [1.82, 2.24) is 9.78 Å². The number of hydrogen-bond acceptors (Lipinski definition) is 3. The Morgan fingerprint density at radius 3 is 2.80 bits per heavy atom. The third-order valence-electron chi connectivity index (χ3n) is 3.09. The van der Waals surface area contributed by atoms with Crippen LogP contribution in [0, 0.1) is 12.7 Å². The van der Waals surface area contributed by atoms with Crippen LogP contribution in [-0.4, -0.2) is 15.7 Å². The minimum Gasteiger partial charge on any atom is -0.378 e. The van der Waals surface area contributed by atoms with E-state index in [0.717, 1.165) is 11.3 Å². The van der Waals surface area contributed by atoms with E-state index >= 15 is 0 Å². The lowest BCUT2D eigenvalue weighted by Gasteiger charge is -2.10. The third-order valence-corrected chi connectivity index (χ3v) is 3.09. The molecule has 0 saturated carbocycles. The number of benzene rings is 1. The van der Waals surface area contributed by atoms with Crippen LogP contribution in [0.15, 0.2) is 24.4 Å². The Labute approximate surface area is 116 Å². The van der Waals surface area contributed by atoms with Gasteiger partial charge in [-0.25, -0.2) is 4.39 Å². The second kappa shape index (κ2) is 5.73. The summed E-state index contributed by atoms with van der Waals surface area (Å²) in [5, 5.41) is 9.78. The van der Waals surface area contributed by atoms with E-state index < -0.39 is 0 Å². The van der Waals surface area contributed by atoms with Crippen LogP contribution in [0.3, 0.4) is 0 Å². The maximum Gasteiger partial charge on any atom is 0.221 e. The summed E-state index contributed by atoms with van der Waals surface area (Å²) >= 11 is 0. The van der Waals surface area contributed by atoms with E-state index in [1.165, 1.54) is 19.1 Å². The molecule has 0 aliphatic rings. The van der Waals surface area contributed by atoms with Gasteiger partial charge >= 0.3 is 0 Å². The molecule has 2 rings (SSSR count). The Hall–Kier alpha value is -2.37. The molecule has 0 unspecified atom stereocenters. The van der Waals surface area contributed by atoms with Crippen molar-refractivity contribution in [2.45, 2.75) is 20.4 Å². The van der Waals surface area contributed by atoms with Gasteiger partial charge in [0.25, 0.3) is 0 Å².